The van der Waals surface area contributed by atoms with Crippen LogP contribution in [0.3, 0.4) is 0 Å². The van der Waals surface area contributed by atoms with Crippen LogP contribution in [0.1, 0.15) is 55.7 Å². The zero-order valence-corrected chi connectivity index (χ0v) is 18.2. The van der Waals surface area contributed by atoms with Gasteiger partial charge in [-0.2, -0.15) is 18.4 Å². The Hall–Kier alpha value is -2.32. The molecular weight excluding hydrogens is 397 g/mol. The summed E-state index contributed by atoms with van der Waals surface area (Å²) in [5.74, 6) is 0.248. The number of nitrogens with zero attached hydrogens (tertiary/aromatic N) is 2. The molecule has 5 heteroatoms. The van der Waals surface area contributed by atoms with E-state index < -0.39 is 17.2 Å². The zero-order valence-electron chi connectivity index (χ0n) is 18.2. The van der Waals surface area contributed by atoms with Gasteiger partial charge in [-0.3, -0.25) is 0 Å². The van der Waals surface area contributed by atoms with Crippen molar-refractivity contribution in [3.63, 3.8) is 0 Å². The second kappa shape index (κ2) is 10.3. The Kier molecular flexibility index (Phi) is 7.78. The summed E-state index contributed by atoms with van der Waals surface area (Å²) < 4.78 is 38.9. The quantitative estimate of drug-likeness (QED) is 0.403. The van der Waals surface area contributed by atoms with Crippen LogP contribution in [0, 0.1) is 17.2 Å². The fourth-order valence-corrected chi connectivity index (χ4v) is 4.49. The molecule has 0 saturated heterocycles. The van der Waals surface area contributed by atoms with E-state index in [1.165, 1.54) is 17.7 Å². The molecular formula is C26H31F3N2. The van der Waals surface area contributed by atoms with Gasteiger partial charge in [0, 0.05) is 6.54 Å². The Morgan fingerprint density at radius 3 is 2.13 bits per heavy atom. The monoisotopic (exact) mass is 428 g/mol. The lowest BCUT2D eigenvalue weighted by Crippen LogP contribution is -2.32. The Bertz CT molecular complexity index is 851. The molecule has 2 nitrogen and oxygen atoms in total. The van der Waals surface area contributed by atoms with Gasteiger partial charge in [0.15, 0.2) is 0 Å². The average molecular weight is 429 g/mol. The van der Waals surface area contributed by atoms with E-state index in [1.807, 2.05) is 6.07 Å². The van der Waals surface area contributed by atoms with Gasteiger partial charge in [0.25, 0.3) is 0 Å². The number of alkyl halides is 3. The van der Waals surface area contributed by atoms with Crippen LogP contribution in [-0.2, 0) is 18.0 Å². The smallest absolute Gasteiger partial charge is 0.303 e. The van der Waals surface area contributed by atoms with Crippen molar-refractivity contribution in [1.82, 2.24) is 4.90 Å². The highest BCUT2D eigenvalue weighted by Gasteiger charge is 2.46. The van der Waals surface area contributed by atoms with Gasteiger partial charge in [-0.1, -0.05) is 49.4 Å². The van der Waals surface area contributed by atoms with E-state index in [9.17, 15) is 18.4 Å². The van der Waals surface area contributed by atoms with Crippen LogP contribution in [0.2, 0.25) is 0 Å². The van der Waals surface area contributed by atoms with E-state index in [2.05, 4.69) is 42.2 Å². The van der Waals surface area contributed by atoms with Crippen molar-refractivity contribution < 1.29 is 13.2 Å². The maximum atomic E-state index is 13.0. The van der Waals surface area contributed by atoms with Crippen molar-refractivity contribution in [3.8, 4) is 6.07 Å². The van der Waals surface area contributed by atoms with Crippen LogP contribution in [0.25, 0.3) is 0 Å². The minimum absolute atomic E-state index is 0.248. The second-order valence-electron chi connectivity index (χ2n) is 8.61. The van der Waals surface area contributed by atoms with Gasteiger partial charge in [0.05, 0.1) is 17.0 Å². The summed E-state index contributed by atoms with van der Waals surface area (Å²) in [6.07, 6.45) is 1.20. The number of hydrogen-bond acceptors (Lipinski definition) is 2. The first-order chi connectivity index (χ1) is 14.9. The molecule has 0 amide bonds. The van der Waals surface area contributed by atoms with E-state index in [0.717, 1.165) is 69.4 Å². The number of halogens is 3. The third-order valence-electron chi connectivity index (χ3n) is 6.35. The molecule has 0 aliphatic heterocycles. The van der Waals surface area contributed by atoms with E-state index in [-0.39, 0.29) is 5.92 Å². The largest absolute Gasteiger partial charge is 0.416 e. The predicted molar refractivity (Wildman–Crippen MR) is 118 cm³/mol. The molecule has 3 rings (SSSR count). The average Bonchev–Trinajstić information content (AvgIpc) is 3.61. The summed E-state index contributed by atoms with van der Waals surface area (Å²) in [5, 5.41) is 10.1. The van der Waals surface area contributed by atoms with Gasteiger partial charge >= 0.3 is 6.18 Å². The molecule has 0 spiro atoms. The molecule has 1 aliphatic carbocycles. The first kappa shape index (κ1) is 23.3. The van der Waals surface area contributed by atoms with E-state index >= 15 is 0 Å². The fraction of sp³-hybridized carbons (Fsp3) is 0.500. The van der Waals surface area contributed by atoms with Crippen molar-refractivity contribution in [2.24, 2.45) is 5.92 Å². The summed E-state index contributed by atoms with van der Waals surface area (Å²) in [4.78, 5) is 2.44. The van der Waals surface area contributed by atoms with Gasteiger partial charge in [-0.25, -0.2) is 0 Å². The van der Waals surface area contributed by atoms with Crippen LogP contribution >= 0.6 is 0 Å². The van der Waals surface area contributed by atoms with Gasteiger partial charge in [-0.05, 0) is 80.8 Å². The SMILES string of the molecule is CCCN(CCCC(C#N)(c1ccc(C(F)(F)F)cc1)C1CC1)CCc1ccccc1. The van der Waals surface area contributed by atoms with Crippen LogP contribution in [-0.4, -0.2) is 24.5 Å². The summed E-state index contributed by atoms with van der Waals surface area (Å²) in [7, 11) is 0. The lowest BCUT2D eigenvalue weighted by molar-refractivity contribution is -0.137. The Morgan fingerprint density at radius 1 is 0.935 bits per heavy atom. The first-order valence-corrected chi connectivity index (χ1v) is 11.2. The lowest BCUT2D eigenvalue weighted by atomic mass is 9.73. The number of hydrogen-bond donors (Lipinski definition) is 0. The van der Waals surface area contributed by atoms with Gasteiger partial charge in [0.2, 0.25) is 0 Å². The highest BCUT2D eigenvalue weighted by atomic mass is 19.4. The minimum Gasteiger partial charge on any atom is -0.303 e. The topological polar surface area (TPSA) is 27.0 Å². The normalized spacial score (nSPS) is 16.1. The zero-order chi connectivity index (χ0) is 22.3. The molecule has 31 heavy (non-hydrogen) atoms. The molecule has 1 fully saturated rings. The third-order valence-corrected chi connectivity index (χ3v) is 6.35. The number of benzene rings is 2. The maximum Gasteiger partial charge on any atom is 0.416 e. The van der Waals surface area contributed by atoms with Gasteiger partial charge in [-0.15, -0.1) is 0 Å². The fourth-order valence-electron chi connectivity index (χ4n) is 4.49. The molecule has 1 saturated carbocycles. The molecule has 1 unspecified atom stereocenters. The number of nitriles is 1. The van der Waals surface area contributed by atoms with E-state index in [1.54, 1.807) is 0 Å². The molecule has 0 aromatic heterocycles. The predicted octanol–water partition coefficient (Wildman–Crippen LogP) is 6.61. The van der Waals surface area contributed by atoms with Crippen LogP contribution < -0.4 is 0 Å². The van der Waals surface area contributed by atoms with Crippen molar-refractivity contribution in [2.45, 2.75) is 57.0 Å². The third kappa shape index (κ3) is 6.11. The maximum absolute atomic E-state index is 13.0. The van der Waals surface area contributed by atoms with Gasteiger partial charge < -0.3 is 4.90 Å². The molecule has 2 aromatic rings. The molecule has 0 radical (unpaired) electrons. The van der Waals surface area contributed by atoms with Crippen molar-refractivity contribution in [3.05, 3.63) is 71.3 Å². The Labute approximate surface area is 183 Å². The van der Waals surface area contributed by atoms with Crippen LogP contribution in [0.15, 0.2) is 54.6 Å². The molecule has 1 atom stereocenters. The Morgan fingerprint density at radius 2 is 1.58 bits per heavy atom. The second-order valence-corrected chi connectivity index (χ2v) is 8.61. The van der Waals surface area contributed by atoms with Crippen LogP contribution in [0.4, 0.5) is 13.2 Å². The molecule has 1 aliphatic rings. The molecule has 166 valence electrons. The van der Waals surface area contributed by atoms with Crippen LogP contribution in [0.5, 0.6) is 0 Å². The number of rotatable bonds is 11. The highest BCUT2D eigenvalue weighted by molar-refractivity contribution is 5.38. The van der Waals surface area contributed by atoms with Crippen molar-refractivity contribution in [2.75, 3.05) is 19.6 Å². The van der Waals surface area contributed by atoms with Crippen molar-refractivity contribution >= 4 is 0 Å². The molecule has 0 heterocycles. The summed E-state index contributed by atoms with van der Waals surface area (Å²) in [6, 6.07) is 18.2. The summed E-state index contributed by atoms with van der Waals surface area (Å²) in [5.41, 5.74) is 0.713. The van der Waals surface area contributed by atoms with Crippen molar-refractivity contribution in [1.29, 1.82) is 5.26 Å². The summed E-state index contributed by atoms with van der Waals surface area (Å²) in [6.45, 7) is 5.05. The molecule has 0 N–H and O–H groups in total. The lowest BCUT2D eigenvalue weighted by Gasteiger charge is -2.29. The Balaban J connectivity index is 1.64. The first-order valence-electron chi connectivity index (χ1n) is 11.2. The summed E-state index contributed by atoms with van der Waals surface area (Å²) >= 11 is 0. The van der Waals surface area contributed by atoms with E-state index in [0.29, 0.717) is 6.42 Å². The minimum atomic E-state index is -4.35. The highest BCUT2D eigenvalue weighted by Crippen LogP contribution is 2.50. The van der Waals surface area contributed by atoms with E-state index in [4.69, 9.17) is 0 Å². The van der Waals surface area contributed by atoms with Gasteiger partial charge in [0.1, 0.15) is 0 Å². The molecule has 2 aromatic carbocycles. The standard InChI is InChI=1S/C26H31F3N2/c1-2-17-31(19-15-21-7-4-3-5-8-21)18-6-16-25(20-30,22-9-10-22)23-11-13-24(14-12-23)26(27,28)29/h3-5,7-8,11-14,22H,2,6,9-10,15-19H2,1H3. The molecule has 0 bridgehead atoms.